The monoisotopic (exact) mass is 252 g/mol. The first-order chi connectivity index (χ1) is 8.70. The van der Waals surface area contributed by atoms with E-state index in [-0.39, 0.29) is 6.42 Å². The van der Waals surface area contributed by atoms with Crippen LogP contribution in [-0.4, -0.2) is 38.7 Å². The molecule has 98 valence electrons. The quantitative estimate of drug-likeness (QED) is 0.794. The Balaban J connectivity index is 1.97. The highest BCUT2D eigenvalue weighted by atomic mass is 16.5. The molecule has 2 heterocycles. The summed E-state index contributed by atoms with van der Waals surface area (Å²) in [5, 5.41) is 17.8. The van der Waals surface area contributed by atoms with Crippen molar-refractivity contribution in [2.24, 2.45) is 7.05 Å². The van der Waals surface area contributed by atoms with Gasteiger partial charge in [0.25, 0.3) is 0 Å². The van der Waals surface area contributed by atoms with E-state index >= 15 is 0 Å². The van der Waals surface area contributed by atoms with E-state index < -0.39 is 6.10 Å². The van der Waals surface area contributed by atoms with Crippen LogP contribution < -0.4 is 0 Å². The lowest BCUT2D eigenvalue weighted by Crippen LogP contribution is -2.08. The topological polar surface area (TPSA) is 86.2 Å². The maximum absolute atomic E-state index is 10.0. The highest BCUT2D eigenvalue weighted by molar-refractivity contribution is 5.06. The van der Waals surface area contributed by atoms with Gasteiger partial charge in [-0.15, -0.1) is 0 Å². The molecular weight excluding hydrogens is 236 g/mol. The number of hydrogen-bond donors (Lipinski definition) is 1. The van der Waals surface area contributed by atoms with Crippen LogP contribution in [0.5, 0.6) is 0 Å². The molecule has 18 heavy (non-hydrogen) atoms. The fraction of sp³-hybridized carbons (Fsp3) is 0.545. The summed E-state index contributed by atoms with van der Waals surface area (Å²) in [5.74, 6) is 0.999. The zero-order chi connectivity index (χ0) is 13.0. The number of rotatable bonds is 6. The fourth-order valence-electron chi connectivity index (χ4n) is 1.65. The number of aromatic nitrogens is 4. The third-order valence-electron chi connectivity index (χ3n) is 2.61. The van der Waals surface area contributed by atoms with Crippen LogP contribution in [0.25, 0.3) is 0 Å². The molecule has 0 fully saturated rings. The average Bonchev–Trinajstić information content (AvgIpc) is 2.95. The molecule has 2 rings (SSSR count). The van der Waals surface area contributed by atoms with E-state index in [9.17, 15) is 5.11 Å². The maximum Gasteiger partial charge on any atom is 0.229 e. The number of ether oxygens (including phenoxy) is 1. The highest BCUT2D eigenvalue weighted by Crippen LogP contribution is 2.16. The van der Waals surface area contributed by atoms with E-state index in [2.05, 4.69) is 15.2 Å². The van der Waals surface area contributed by atoms with Gasteiger partial charge in [0.15, 0.2) is 5.82 Å². The molecular formula is C11H16N4O3. The number of methoxy groups -OCH3 is 1. The van der Waals surface area contributed by atoms with Gasteiger partial charge in [-0.25, -0.2) is 0 Å². The lowest BCUT2D eigenvalue weighted by molar-refractivity contribution is 0.155. The van der Waals surface area contributed by atoms with Gasteiger partial charge in [0.2, 0.25) is 5.89 Å². The SMILES string of the molecule is COCCc1noc(CC(O)c2ccnn2C)n1. The van der Waals surface area contributed by atoms with E-state index in [4.69, 9.17) is 9.26 Å². The Labute approximate surface area is 104 Å². The highest BCUT2D eigenvalue weighted by Gasteiger charge is 2.16. The molecule has 1 N–H and O–H groups in total. The molecule has 2 aromatic heterocycles. The largest absolute Gasteiger partial charge is 0.386 e. The van der Waals surface area contributed by atoms with Gasteiger partial charge in [-0.05, 0) is 6.07 Å². The molecule has 7 heteroatoms. The number of hydrogen-bond acceptors (Lipinski definition) is 6. The van der Waals surface area contributed by atoms with Crippen molar-refractivity contribution in [3.63, 3.8) is 0 Å². The van der Waals surface area contributed by atoms with E-state index in [1.165, 1.54) is 0 Å². The zero-order valence-corrected chi connectivity index (χ0v) is 10.4. The summed E-state index contributed by atoms with van der Waals surface area (Å²) in [6.07, 6.45) is 1.81. The minimum atomic E-state index is -0.701. The van der Waals surface area contributed by atoms with Gasteiger partial charge in [0.05, 0.1) is 18.7 Å². The van der Waals surface area contributed by atoms with Gasteiger partial charge in [0, 0.05) is 26.8 Å². The van der Waals surface area contributed by atoms with E-state index in [0.29, 0.717) is 30.4 Å². The van der Waals surface area contributed by atoms with Crippen LogP contribution in [0.15, 0.2) is 16.8 Å². The van der Waals surface area contributed by atoms with Gasteiger partial charge in [-0.2, -0.15) is 10.1 Å². The average molecular weight is 252 g/mol. The third-order valence-corrected chi connectivity index (χ3v) is 2.61. The first kappa shape index (κ1) is 12.7. The molecule has 0 aliphatic heterocycles. The molecule has 0 aliphatic carbocycles. The standard InChI is InChI=1S/C11H16N4O3/c1-15-8(3-5-12-15)9(16)7-11-13-10(14-18-11)4-6-17-2/h3,5,9,16H,4,6-7H2,1-2H3. The van der Waals surface area contributed by atoms with E-state index in [1.54, 1.807) is 31.1 Å². The van der Waals surface area contributed by atoms with Crippen molar-refractivity contribution in [1.29, 1.82) is 0 Å². The van der Waals surface area contributed by atoms with Gasteiger partial charge in [-0.1, -0.05) is 5.16 Å². The predicted octanol–water partition coefficient (Wildman–Crippen LogP) is 0.268. The Bertz CT molecular complexity index is 494. The molecule has 0 aromatic carbocycles. The Morgan fingerprint density at radius 2 is 2.39 bits per heavy atom. The van der Waals surface area contributed by atoms with Gasteiger partial charge in [0.1, 0.15) is 6.10 Å². The van der Waals surface area contributed by atoms with Crippen molar-refractivity contribution in [2.45, 2.75) is 18.9 Å². The molecule has 1 unspecified atom stereocenters. The third kappa shape index (κ3) is 2.93. The van der Waals surface area contributed by atoms with Crippen LogP contribution in [0.1, 0.15) is 23.5 Å². The summed E-state index contributed by atoms with van der Waals surface area (Å²) in [5.41, 5.74) is 0.714. The maximum atomic E-state index is 10.0. The second-order valence-corrected chi connectivity index (χ2v) is 3.95. The van der Waals surface area contributed by atoms with Crippen molar-refractivity contribution in [3.05, 3.63) is 29.7 Å². The predicted molar refractivity (Wildman–Crippen MR) is 61.7 cm³/mol. The Morgan fingerprint density at radius 3 is 3.06 bits per heavy atom. The van der Waals surface area contributed by atoms with Crippen molar-refractivity contribution in [2.75, 3.05) is 13.7 Å². The summed E-state index contributed by atoms with van der Waals surface area (Å²) in [6, 6.07) is 1.76. The van der Waals surface area contributed by atoms with Crippen LogP contribution in [0.2, 0.25) is 0 Å². The summed E-state index contributed by atoms with van der Waals surface area (Å²) < 4.78 is 11.6. The van der Waals surface area contributed by atoms with Crippen LogP contribution in [0, 0.1) is 0 Å². The first-order valence-corrected chi connectivity index (χ1v) is 5.67. The van der Waals surface area contributed by atoms with E-state index in [0.717, 1.165) is 0 Å². The Hall–Kier alpha value is -1.73. The molecule has 0 spiro atoms. The molecule has 1 atom stereocenters. The number of aryl methyl sites for hydroxylation is 1. The van der Waals surface area contributed by atoms with Gasteiger partial charge < -0.3 is 14.4 Å². The van der Waals surface area contributed by atoms with Crippen LogP contribution >= 0.6 is 0 Å². The first-order valence-electron chi connectivity index (χ1n) is 5.67. The Morgan fingerprint density at radius 1 is 1.56 bits per heavy atom. The van der Waals surface area contributed by atoms with Crippen molar-refractivity contribution >= 4 is 0 Å². The Kier molecular flexibility index (Phi) is 4.06. The second kappa shape index (κ2) is 5.74. The van der Waals surface area contributed by atoms with Crippen molar-refractivity contribution < 1.29 is 14.4 Å². The van der Waals surface area contributed by atoms with Crippen molar-refractivity contribution in [3.8, 4) is 0 Å². The van der Waals surface area contributed by atoms with Crippen LogP contribution in [0.3, 0.4) is 0 Å². The summed E-state index contributed by atoms with van der Waals surface area (Å²) in [6.45, 7) is 0.545. The number of nitrogens with zero attached hydrogens (tertiary/aromatic N) is 4. The van der Waals surface area contributed by atoms with Gasteiger partial charge in [-0.3, -0.25) is 4.68 Å². The molecule has 7 nitrogen and oxygen atoms in total. The molecule has 0 amide bonds. The lowest BCUT2D eigenvalue weighted by atomic mass is 10.2. The smallest absolute Gasteiger partial charge is 0.229 e. The minimum absolute atomic E-state index is 0.277. The van der Waals surface area contributed by atoms with E-state index in [1.807, 2.05) is 0 Å². The number of aliphatic hydroxyl groups is 1. The molecule has 0 saturated carbocycles. The summed E-state index contributed by atoms with van der Waals surface area (Å²) in [4.78, 5) is 4.18. The summed E-state index contributed by atoms with van der Waals surface area (Å²) >= 11 is 0. The van der Waals surface area contributed by atoms with Crippen LogP contribution in [0.4, 0.5) is 0 Å². The molecule has 2 aromatic rings. The minimum Gasteiger partial charge on any atom is -0.386 e. The fourth-order valence-corrected chi connectivity index (χ4v) is 1.65. The second-order valence-electron chi connectivity index (χ2n) is 3.95. The molecule has 0 saturated heterocycles. The van der Waals surface area contributed by atoms with Crippen LogP contribution in [-0.2, 0) is 24.6 Å². The van der Waals surface area contributed by atoms with Crippen molar-refractivity contribution in [1.82, 2.24) is 19.9 Å². The van der Waals surface area contributed by atoms with Gasteiger partial charge >= 0.3 is 0 Å². The molecule has 0 aliphatic rings. The molecule has 0 bridgehead atoms. The zero-order valence-electron chi connectivity index (χ0n) is 10.4. The lowest BCUT2D eigenvalue weighted by Gasteiger charge is -2.07. The molecule has 0 radical (unpaired) electrons. The number of aliphatic hydroxyl groups excluding tert-OH is 1. The summed E-state index contributed by atoms with van der Waals surface area (Å²) in [7, 11) is 3.39. The normalized spacial score (nSPS) is 12.8.